The van der Waals surface area contributed by atoms with Crippen molar-refractivity contribution in [3.63, 3.8) is 0 Å². The Bertz CT molecular complexity index is 1120. The molecule has 1 aromatic heterocycles. The number of benzene rings is 2. The van der Waals surface area contributed by atoms with Gasteiger partial charge in [0.05, 0.1) is 7.11 Å². The summed E-state index contributed by atoms with van der Waals surface area (Å²) in [5, 5.41) is 5.58. The summed E-state index contributed by atoms with van der Waals surface area (Å²) in [6.07, 6.45) is 0. The summed E-state index contributed by atoms with van der Waals surface area (Å²) in [6.45, 7) is -0.274. The highest BCUT2D eigenvalue weighted by molar-refractivity contribution is 6.06. The van der Waals surface area contributed by atoms with Crippen LogP contribution in [0.5, 0.6) is 0 Å². The van der Waals surface area contributed by atoms with Gasteiger partial charge in [-0.25, -0.2) is 4.79 Å². The van der Waals surface area contributed by atoms with Crippen molar-refractivity contribution in [2.45, 2.75) is 0 Å². The molecule has 3 rings (SSSR count). The zero-order valence-electron chi connectivity index (χ0n) is 14.9. The molecule has 2 aromatic carbocycles. The number of hydrogen-bond donors (Lipinski definition) is 2. The van der Waals surface area contributed by atoms with Gasteiger partial charge in [0, 0.05) is 16.6 Å². The van der Waals surface area contributed by atoms with Crippen LogP contribution < -0.4 is 16.3 Å². The lowest BCUT2D eigenvalue weighted by Crippen LogP contribution is -2.30. The number of hydrogen-bond acceptors (Lipinski definition) is 6. The molecule has 8 nitrogen and oxygen atoms in total. The molecule has 0 saturated carbocycles. The molecule has 0 aliphatic carbocycles. The number of rotatable bonds is 5. The van der Waals surface area contributed by atoms with E-state index in [0.29, 0.717) is 16.7 Å². The maximum atomic E-state index is 12.5. The Morgan fingerprint density at radius 3 is 2.57 bits per heavy atom. The second-order valence-corrected chi connectivity index (χ2v) is 5.78. The Labute approximate surface area is 159 Å². The van der Waals surface area contributed by atoms with Crippen LogP contribution in [0.25, 0.3) is 11.0 Å². The van der Waals surface area contributed by atoms with Crippen molar-refractivity contribution < 1.29 is 23.5 Å². The highest BCUT2D eigenvalue weighted by Crippen LogP contribution is 2.15. The van der Waals surface area contributed by atoms with E-state index < -0.39 is 23.4 Å². The topological polar surface area (TPSA) is 115 Å². The van der Waals surface area contributed by atoms with Crippen LogP contribution in [-0.4, -0.2) is 31.4 Å². The van der Waals surface area contributed by atoms with E-state index in [-0.39, 0.29) is 17.7 Å². The van der Waals surface area contributed by atoms with E-state index >= 15 is 0 Å². The van der Waals surface area contributed by atoms with Crippen LogP contribution in [0.15, 0.2) is 63.8 Å². The Hall–Kier alpha value is -3.94. The first kappa shape index (κ1) is 18.8. The minimum absolute atomic E-state index is 0.153. The fourth-order valence-electron chi connectivity index (χ4n) is 2.48. The Balaban J connectivity index is 1.78. The zero-order chi connectivity index (χ0) is 20.1. The minimum atomic E-state index is -0.761. The molecule has 0 aliphatic heterocycles. The molecule has 1 heterocycles. The third kappa shape index (κ3) is 4.24. The molecule has 28 heavy (non-hydrogen) atoms. The summed E-state index contributed by atoms with van der Waals surface area (Å²) in [5.41, 5.74) is 0.00581. The summed E-state index contributed by atoms with van der Waals surface area (Å²) in [6, 6.07) is 14.4. The Morgan fingerprint density at radius 2 is 1.79 bits per heavy atom. The molecule has 0 unspecified atom stereocenters. The molecule has 3 aromatic rings. The van der Waals surface area contributed by atoms with E-state index in [1.54, 1.807) is 36.4 Å². The van der Waals surface area contributed by atoms with Crippen molar-refractivity contribution in [1.29, 1.82) is 0 Å². The predicted octanol–water partition coefficient (Wildman–Crippen LogP) is 1.95. The van der Waals surface area contributed by atoms with Crippen molar-refractivity contribution in [3.05, 3.63) is 76.1 Å². The van der Waals surface area contributed by atoms with Crippen LogP contribution >= 0.6 is 0 Å². The van der Waals surface area contributed by atoms with Crippen molar-refractivity contribution in [1.82, 2.24) is 5.32 Å². The summed E-state index contributed by atoms with van der Waals surface area (Å²) in [5.74, 6) is -1.75. The van der Waals surface area contributed by atoms with Gasteiger partial charge in [-0.2, -0.15) is 0 Å². The fraction of sp³-hybridized carbons (Fsp3) is 0.100. The van der Waals surface area contributed by atoms with E-state index in [1.807, 2.05) is 0 Å². The normalized spacial score (nSPS) is 10.3. The first-order valence-electron chi connectivity index (χ1n) is 8.27. The number of anilines is 1. The number of fused-ring (bicyclic) bond motifs is 1. The highest BCUT2D eigenvalue weighted by atomic mass is 16.5. The molecule has 0 atom stereocenters. The first-order chi connectivity index (χ1) is 13.5. The van der Waals surface area contributed by atoms with E-state index in [4.69, 9.17) is 4.42 Å². The molecule has 8 heteroatoms. The number of esters is 1. The summed E-state index contributed by atoms with van der Waals surface area (Å²) in [4.78, 5) is 47.7. The number of methoxy groups -OCH3 is 1. The van der Waals surface area contributed by atoms with Crippen molar-refractivity contribution in [3.8, 4) is 0 Å². The standard InChI is InChI=1S/C20H16N2O6/c1-27-17(23)11-21-18(24)13-6-4-7-14(9-13)22-19(25)15-10-12-5-2-3-8-16(12)28-20(15)26/h2-10H,11H2,1H3,(H,21,24)(H,22,25). The van der Waals surface area contributed by atoms with Gasteiger partial charge >= 0.3 is 11.6 Å². The van der Waals surface area contributed by atoms with Crippen LogP contribution in [0.2, 0.25) is 0 Å². The number of amides is 2. The Kier molecular flexibility index (Phi) is 5.50. The molecule has 2 amide bonds. The average molecular weight is 380 g/mol. The van der Waals surface area contributed by atoms with Gasteiger partial charge in [0.25, 0.3) is 11.8 Å². The number of ether oxygens (including phenoxy) is 1. The van der Waals surface area contributed by atoms with E-state index in [1.165, 1.54) is 25.3 Å². The van der Waals surface area contributed by atoms with Crippen LogP contribution in [-0.2, 0) is 9.53 Å². The second kappa shape index (κ2) is 8.17. The molecule has 0 aliphatic rings. The van der Waals surface area contributed by atoms with Crippen molar-refractivity contribution in [2.75, 3.05) is 19.0 Å². The SMILES string of the molecule is COC(=O)CNC(=O)c1cccc(NC(=O)c2cc3ccccc3oc2=O)c1. The fourth-order valence-corrected chi connectivity index (χ4v) is 2.48. The van der Waals surface area contributed by atoms with Gasteiger partial charge in [0.15, 0.2) is 0 Å². The lowest BCUT2D eigenvalue weighted by Gasteiger charge is -2.08. The van der Waals surface area contributed by atoms with E-state index in [9.17, 15) is 19.2 Å². The molecule has 0 fully saturated rings. The Morgan fingerprint density at radius 1 is 1.00 bits per heavy atom. The molecular formula is C20H16N2O6. The van der Waals surface area contributed by atoms with Crippen LogP contribution in [0.4, 0.5) is 5.69 Å². The molecular weight excluding hydrogens is 364 g/mol. The van der Waals surface area contributed by atoms with Gasteiger partial charge < -0.3 is 19.8 Å². The minimum Gasteiger partial charge on any atom is -0.468 e. The van der Waals surface area contributed by atoms with Gasteiger partial charge in [-0.3, -0.25) is 14.4 Å². The van der Waals surface area contributed by atoms with Gasteiger partial charge in [-0.05, 0) is 30.3 Å². The first-order valence-corrected chi connectivity index (χ1v) is 8.27. The molecule has 0 bridgehead atoms. The zero-order valence-corrected chi connectivity index (χ0v) is 14.9. The summed E-state index contributed by atoms with van der Waals surface area (Å²) in [7, 11) is 1.22. The van der Waals surface area contributed by atoms with Crippen LogP contribution in [0.1, 0.15) is 20.7 Å². The third-order valence-corrected chi connectivity index (χ3v) is 3.89. The number of para-hydroxylation sites is 1. The van der Waals surface area contributed by atoms with Crippen molar-refractivity contribution in [2.24, 2.45) is 0 Å². The lowest BCUT2D eigenvalue weighted by molar-refractivity contribution is -0.139. The third-order valence-electron chi connectivity index (χ3n) is 3.89. The lowest BCUT2D eigenvalue weighted by atomic mass is 10.1. The monoisotopic (exact) mass is 380 g/mol. The van der Waals surface area contributed by atoms with Gasteiger partial charge in [0.1, 0.15) is 17.7 Å². The summed E-state index contributed by atoms with van der Waals surface area (Å²) < 4.78 is 9.61. The van der Waals surface area contributed by atoms with Crippen LogP contribution in [0.3, 0.4) is 0 Å². The smallest absolute Gasteiger partial charge is 0.349 e. The molecule has 0 spiro atoms. The van der Waals surface area contributed by atoms with E-state index in [2.05, 4.69) is 15.4 Å². The maximum Gasteiger partial charge on any atom is 0.349 e. The van der Waals surface area contributed by atoms with Gasteiger partial charge in [-0.1, -0.05) is 24.3 Å². The number of carbonyl (C=O) groups is 3. The molecule has 142 valence electrons. The highest BCUT2D eigenvalue weighted by Gasteiger charge is 2.15. The molecule has 0 radical (unpaired) electrons. The number of nitrogens with one attached hydrogen (secondary N) is 2. The maximum absolute atomic E-state index is 12.5. The largest absolute Gasteiger partial charge is 0.468 e. The quantitative estimate of drug-likeness (QED) is 0.516. The molecule has 2 N–H and O–H groups in total. The summed E-state index contributed by atoms with van der Waals surface area (Å²) >= 11 is 0. The van der Waals surface area contributed by atoms with Gasteiger partial charge in [-0.15, -0.1) is 0 Å². The average Bonchev–Trinajstić information content (AvgIpc) is 2.71. The van der Waals surface area contributed by atoms with Crippen molar-refractivity contribution >= 4 is 34.4 Å². The molecule has 0 saturated heterocycles. The number of carbonyl (C=O) groups excluding carboxylic acids is 3. The van der Waals surface area contributed by atoms with E-state index in [0.717, 1.165) is 0 Å². The van der Waals surface area contributed by atoms with Crippen LogP contribution in [0, 0.1) is 0 Å². The second-order valence-electron chi connectivity index (χ2n) is 5.78. The van der Waals surface area contributed by atoms with Gasteiger partial charge in [0.2, 0.25) is 0 Å². The predicted molar refractivity (Wildman–Crippen MR) is 101 cm³/mol.